The van der Waals surface area contributed by atoms with E-state index in [1.165, 1.54) is 0 Å². The Morgan fingerprint density at radius 3 is 2.40 bits per heavy atom. The van der Waals surface area contributed by atoms with Gasteiger partial charge in [0, 0.05) is 5.25 Å². The fourth-order valence-corrected chi connectivity index (χ4v) is 4.30. The van der Waals surface area contributed by atoms with E-state index >= 15 is 0 Å². The van der Waals surface area contributed by atoms with Gasteiger partial charge in [-0.3, -0.25) is 0 Å². The third-order valence-corrected chi connectivity index (χ3v) is 4.29. The van der Waals surface area contributed by atoms with E-state index in [-0.39, 0.29) is 11.0 Å². The normalized spacial score (nSPS) is 39.4. The molecule has 1 aliphatic rings. The van der Waals surface area contributed by atoms with Gasteiger partial charge in [-0.1, -0.05) is 6.92 Å². The van der Waals surface area contributed by atoms with E-state index < -0.39 is 9.84 Å². The van der Waals surface area contributed by atoms with Crippen molar-refractivity contribution in [3.8, 4) is 0 Å². The molecule has 0 amide bonds. The second-order valence-corrected chi connectivity index (χ2v) is 5.96. The third-order valence-electron chi connectivity index (χ3n) is 1.66. The number of sulfone groups is 1. The molecular weight excluding hydrogens is 168 g/mol. The van der Waals surface area contributed by atoms with Crippen molar-refractivity contribution in [1.29, 1.82) is 0 Å². The van der Waals surface area contributed by atoms with E-state index in [1.54, 1.807) is 0 Å². The van der Waals surface area contributed by atoms with Gasteiger partial charge in [-0.05, 0) is 12.3 Å². The molecule has 0 saturated carbocycles. The molecule has 2 atom stereocenters. The van der Waals surface area contributed by atoms with Crippen LogP contribution in [0.2, 0.25) is 0 Å². The fourth-order valence-electron chi connectivity index (χ4n) is 1.40. The first-order valence-electron chi connectivity index (χ1n) is 3.38. The summed E-state index contributed by atoms with van der Waals surface area (Å²) in [5.41, 5.74) is 0. The summed E-state index contributed by atoms with van der Waals surface area (Å²) in [6.45, 7) is 1.96. The van der Waals surface area contributed by atoms with Crippen LogP contribution in [0.15, 0.2) is 0 Å². The van der Waals surface area contributed by atoms with Crippen LogP contribution in [-0.4, -0.2) is 25.2 Å². The van der Waals surface area contributed by atoms with Crippen molar-refractivity contribution >= 4 is 22.5 Å². The van der Waals surface area contributed by atoms with Crippen molar-refractivity contribution in [3.05, 3.63) is 0 Å². The van der Waals surface area contributed by atoms with E-state index in [0.717, 1.165) is 6.42 Å². The zero-order valence-electron chi connectivity index (χ0n) is 5.95. The van der Waals surface area contributed by atoms with Gasteiger partial charge in [0.1, 0.15) is 0 Å². The minimum atomic E-state index is -2.76. The lowest BCUT2D eigenvalue weighted by Gasteiger charge is -2.22. The summed E-state index contributed by atoms with van der Waals surface area (Å²) in [4.78, 5) is 0. The second kappa shape index (κ2) is 2.74. The Morgan fingerprint density at radius 2 is 2.00 bits per heavy atom. The maximum absolute atomic E-state index is 11.0. The van der Waals surface area contributed by atoms with Crippen molar-refractivity contribution in [2.45, 2.75) is 18.6 Å². The Balaban J connectivity index is 2.69. The van der Waals surface area contributed by atoms with Crippen LogP contribution in [-0.2, 0) is 9.84 Å². The van der Waals surface area contributed by atoms with Gasteiger partial charge >= 0.3 is 0 Å². The van der Waals surface area contributed by atoms with Gasteiger partial charge in [-0.15, -0.1) is 0 Å². The highest BCUT2D eigenvalue weighted by atomic mass is 32.2. The molecule has 10 heavy (non-hydrogen) atoms. The number of rotatable bonds is 0. The van der Waals surface area contributed by atoms with Gasteiger partial charge in [0.25, 0.3) is 0 Å². The molecule has 1 aliphatic heterocycles. The zero-order valence-corrected chi connectivity index (χ0v) is 7.66. The lowest BCUT2D eigenvalue weighted by molar-refractivity contribution is 0.523. The van der Waals surface area contributed by atoms with Crippen LogP contribution in [0.5, 0.6) is 0 Å². The van der Waals surface area contributed by atoms with Gasteiger partial charge in [-0.2, -0.15) is 12.6 Å². The van der Waals surface area contributed by atoms with Crippen LogP contribution in [0, 0.1) is 5.92 Å². The molecule has 0 aromatic carbocycles. The first-order chi connectivity index (χ1) is 4.49. The molecule has 0 aromatic rings. The smallest absolute Gasteiger partial charge is 0.151 e. The van der Waals surface area contributed by atoms with E-state index in [1.807, 2.05) is 6.92 Å². The Kier molecular flexibility index (Phi) is 2.30. The van der Waals surface area contributed by atoms with E-state index in [2.05, 4.69) is 12.6 Å². The summed E-state index contributed by atoms with van der Waals surface area (Å²) in [6, 6.07) is 0. The Hall–Kier alpha value is 0.300. The molecule has 0 N–H and O–H groups in total. The summed E-state index contributed by atoms with van der Waals surface area (Å²) in [6.07, 6.45) is 0.933. The van der Waals surface area contributed by atoms with Crippen molar-refractivity contribution in [3.63, 3.8) is 0 Å². The monoisotopic (exact) mass is 180 g/mol. The highest BCUT2D eigenvalue weighted by Gasteiger charge is 2.26. The molecule has 1 fully saturated rings. The Morgan fingerprint density at radius 1 is 1.40 bits per heavy atom. The van der Waals surface area contributed by atoms with Crippen LogP contribution >= 0.6 is 12.6 Å². The molecule has 2 nitrogen and oxygen atoms in total. The van der Waals surface area contributed by atoms with E-state index in [4.69, 9.17) is 0 Å². The Bertz CT molecular complexity index is 192. The lowest BCUT2D eigenvalue weighted by Crippen LogP contribution is -2.30. The van der Waals surface area contributed by atoms with Crippen molar-refractivity contribution in [2.75, 3.05) is 11.5 Å². The summed E-state index contributed by atoms with van der Waals surface area (Å²) in [5.74, 6) is 0.908. The standard InChI is InChI=1S/C6H12O2S2/c1-5-2-6(9)4-10(7,8)3-5/h5-6,9H,2-4H2,1H3. The molecular formula is C6H12O2S2. The quantitative estimate of drug-likeness (QED) is 0.558. The molecule has 1 saturated heterocycles. The topological polar surface area (TPSA) is 34.1 Å². The first-order valence-corrected chi connectivity index (χ1v) is 5.72. The van der Waals surface area contributed by atoms with E-state index in [0.29, 0.717) is 11.7 Å². The molecule has 0 radical (unpaired) electrons. The summed E-state index contributed by atoms with van der Waals surface area (Å²) < 4.78 is 22.0. The van der Waals surface area contributed by atoms with Gasteiger partial charge in [-0.25, -0.2) is 8.42 Å². The second-order valence-electron chi connectivity index (χ2n) is 3.07. The Labute approximate surface area is 67.3 Å². The largest absolute Gasteiger partial charge is 0.229 e. The first kappa shape index (κ1) is 8.40. The minimum absolute atomic E-state index is 0.0637. The highest BCUT2D eigenvalue weighted by molar-refractivity contribution is 7.92. The van der Waals surface area contributed by atoms with Gasteiger partial charge in [0.05, 0.1) is 11.5 Å². The molecule has 4 heteroatoms. The maximum atomic E-state index is 11.0. The summed E-state index contributed by atoms with van der Waals surface area (Å²) in [7, 11) is -2.76. The predicted octanol–water partition coefficient (Wildman–Crippen LogP) is 0.739. The highest BCUT2D eigenvalue weighted by Crippen LogP contribution is 2.21. The lowest BCUT2D eigenvalue weighted by atomic mass is 10.1. The third kappa shape index (κ3) is 2.16. The maximum Gasteiger partial charge on any atom is 0.151 e. The van der Waals surface area contributed by atoms with Crippen LogP contribution in [0.4, 0.5) is 0 Å². The van der Waals surface area contributed by atoms with Gasteiger partial charge in [0.2, 0.25) is 0 Å². The van der Waals surface area contributed by atoms with E-state index in [9.17, 15) is 8.42 Å². The molecule has 0 aromatic heterocycles. The zero-order chi connectivity index (χ0) is 7.78. The van der Waals surface area contributed by atoms with Gasteiger partial charge in [0.15, 0.2) is 9.84 Å². The average Bonchev–Trinajstić information content (AvgIpc) is 1.54. The number of hydrogen-bond acceptors (Lipinski definition) is 3. The van der Waals surface area contributed by atoms with Gasteiger partial charge < -0.3 is 0 Å². The number of thiol groups is 1. The molecule has 60 valence electrons. The van der Waals surface area contributed by atoms with Crippen LogP contribution in [0.25, 0.3) is 0 Å². The van der Waals surface area contributed by atoms with Crippen LogP contribution < -0.4 is 0 Å². The van der Waals surface area contributed by atoms with Crippen molar-refractivity contribution in [1.82, 2.24) is 0 Å². The SMILES string of the molecule is CC1CC(S)CS(=O)(=O)C1. The molecule has 0 spiro atoms. The summed E-state index contributed by atoms with van der Waals surface area (Å²) >= 11 is 4.15. The molecule has 1 rings (SSSR count). The average molecular weight is 180 g/mol. The fraction of sp³-hybridized carbons (Fsp3) is 1.00. The minimum Gasteiger partial charge on any atom is -0.229 e. The summed E-state index contributed by atoms with van der Waals surface area (Å²) in [5, 5.41) is 0.0637. The van der Waals surface area contributed by atoms with Crippen molar-refractivity contribution < 1.29 is 8.42 Å². The molecule has 0 bridgehead atoms. The molecule has 2 unspecified atom stereocenters. The van der Waals surface area contributed by atoms with Crippen LogP contribution in [0.3, 0.4) is 0 Å². The van der Waals surface area contributed by atoms with Crippen LogP contribution in [0.1, 0.15) is 13.3 Å². The van der Waals surface area contributed by atoms with Crippen molar-refractivity contribution in [2.24, 2.45) is 5.92 Å². The number of hydrogen-bond donors (Lipinski definition) is 1. The predicted molar refractivity (Wildman–Crippen MR) is 45.2 cm³/mol. The molecule has 1 heterocycles. The molecule has 0 aliphatic carbocycles.